The molecule has 0 unspecified atom stereocenters. The van der Waals surface area contributed by atoms with E-state index < -0.39 is 4.92 Å². The summed E-state index contributed by atoms with van der Waals surface area (Å²) >= 11 is 3.27. The fraction of sp³-hybridized carbons (Fsp3) is 0.333. The highest BCUT2D eigenvalue weighted by molar-refractivity contribution is 14.1. The summed E-state index contributed by atoms with van der Waals surface area (Å²) in [6, 6.07) is 3.16. The molecule has 7 nitrogen and oxygen atoms in total. The molecular weight excluding hydrogens is 445 g/mol. The Hall–Kier alpha value is -1.62. The predicted molar refractivity (Wildman–Crippen MR) is 103 cm³/mol. The Balaban J connectivity index is 2.47. The highest BCUT2D eigenvalue weighted by Crippen LogP contribution is 2.36. The van der Waals surface area contributed by atoms with E-state index in [0.717, 1.165) is 0 Å². The van der Waals surface area contributed by atoms with Crippen LogP contribution in [0, 0.1) is 13.7 Å². The average molecular weight is 461 g/mol. The number of nitrogens with zero attached hydrogens (tertiary/aromatic N) is 3. The second kappa shape index (κ2) is 7.97. The quantitative estimate of drug-likeness (QED) is 0.290. The number of nitro groups is 1. The van der Waals surface area contributed by atoms with Gasteiger partial charge in [-0.2, -0.15) is 0 Å². The van der Waals surface area contributed by atoms with E-state index in [-0.39, 0.29) is 17.3 Å². The molecule has 0 atom stereocenters. The van der Waals surface area contributed by atoms with Gasteiger partial charge in [-0.05, 0) is 65.9 Å². The number of halogens is 1. The zero-order valence-electron chi connectivity index (χ0n) is 13.4. The van der Waals surface area contributed by atoms with E-state index in [1.54, 1.807) is 17.0 Å². The molecule has 1 aromatic rings. The van der Waals surface area contributed by atoms with Gasteiger partial charge >= 0.3 is 5.69 Å². The van der Waals surface area contributed by atoms with Gasteiger partial charge in [0.15, 0.2) is 5.17 Å². The first-order valence-corrected chi connectivity index (χ1v) is 9.10. The summed E-state index contributed by atoms with van der Waals surface area (Å²) in [6.07, 6.45) is 1.66. The van der Waals surface area contributed by atoms with Gasteiger partial charge in [0.05, 0.1) is 20.5 Å². The number of nitro benzene ring substituents is 1. The van der Waals surface area contributed by atoms with Crippen molar-refractivity contribution in [3.63, 3.8) is 0 Å². The van der Waals surface area contributed by atoms with Gasteiger partial charge in [-0.25, -0.2) is 0 Å². The molecule has 1 aromatic carbocycles. The van der Waals surface area contributed by atoms with Crippen molar-refractivity contribution in [2.75, 3.05) is 20.2 Å². The van der Waals surface area contributed by atoms with E-state index in [0.29, 0.717) is 32.3 Å². The molecule has 0 N–H and O–H groups in total. The molecule has 1 fully saturated rings. The summed E-state index contributed by atoms with van der Waals surface area (Å²) in [6.45, 7) is 4.91. The molecule has 0 bridgehead atoms. The van der Waals surface area contributed by atoms with Crippen LogP contribution in [0.5, 0.6) is 5.75 Å². The van der Waals surface area contributed by atoms with E-state index >= 15 is 0 Å². The highest BCUT2D eigenvalue weighted by Gasteiger charge is 2.32. The van der Waals surface area contributed by atoms with Crippen LogP contribution in [0.1, 0.15) is 19.4 Å². The second-order valence-electron chi connectivity index (χ2n) is 4.73. The largest absolute Gasteiger partial charge is 0.489 e. The summed E-state index contributed by atoms with van der Waals surface area (Å²) in [7, 11) is 1.39. The van der Waals surface area contributed by atoms with Crippen LogP contribution in [0.2, 0.25) is 0 Å². The molecule has 1 amide bonds. The van der Waals surface area contributed by atoms with Crippen LogP contribution in [0.25, 0.3) is 6.08 Å². The third-order valence-corrected chi connectivity index (χ3v) is 5.09. The molecule has 0 saturated carbocycles. The maximum absolute atomic E-state index is 12.4. The minimum absolute atomic E-state index is 0.124. The summed E-state index contributed by atoms with van der Waals surface area (Å²) in [5.74, 6) is 0.0831. The van der Waals surface area contributed by atoms with Gasteiger partial charge in [0.2, 0.25) is 5.75 Å². The van der Waals surface area contributed by atoms with E-state index in [1.165, 1.54) is 24.9 Å². The van der Waals surface area contributed by atoms with E-state index in [9.17, 15) is 14.9 Å². The van der Waals surface area contributed by atoms with Gasteiger partial charge in [0.1, 0.15) is 0 Å². The Morgan fingerprint density at radius 2 is 2.17 bits per heavy atom. The maximum atomic E-state index is 12.4. The number of carbonyl (C=O) groups is 1. The monoisotopic (exact) mass is 461 g/mol. The zero-order valence-corrected chi connectivity index (χ0v) is 16.4. The summed E-state index contributed by atoms with van der Waals surface area (Å²) in [5, 5.41) is 11.9. The van der Waals surface area contributed by atoms with Crippen LogP contribution in [0.3, 0.4) is 0 Å². The normalized spacial score (nSPS) is 17.8. The van der Waals surface area contributed by atoms with Gasteiger partial charge in [-0.1, -0.05) is 0 Å². The Kier molecular flexibility index (Phi) is 6.21. The van der Waals surface area contributed by atoms with Gasteiger partial charge in [-0.3, -0.25) is 24.8 Å². The van der Waals surface area contributed by atoms with Crippen LogP contribution < -0.4 is 4.74 Å². The lowest BCUT2D eigenvalue weighted by molar-refractivity contribution is -0.385. The van der Waals surface area contributed by atoms with Crippen LogP contribution in [-0.2, 0) is 4.79 Å². The third-order valence-electron chi connectivity index (χ3n) is 3.24. The molecule has 128 valence electrons. The van der Waals surface area contributed by atoms with Crippen molar-refractivity contribution in [2.45, 2.75) is 13.8 Å². The summed E-state index contributed by atoms with van der Waals surface area (Å²) in [4.78, 5) is 29.6. The fourth-order valence-corrected chi connectivity index (χ4v) is 4.17. The Morgan fingerprint density at radius 3 is 2.71 bits per heavy atom. The minimum Gasteiger partial charge on any atom is -0.489 e. The summed E-state index contributed by atoms with van der Waals surface area (Å²) in [5.41, 5.74) is 0.457. The first kappa shape index (κ1) is 18.7. The lowest BCUT2D eigenvalue weighted by Gasteiger charge is -2.11. The smallest absolute Gasteiger partial charge is 0.312 e. The number of likely N-dealkylation sites (N-methyl/N-ethyl adjacent to an activating group) is 1. The number of ether oxygens (including phenoxy) is 1. The summed E-state index contributed by atoms with van der Waals surface area (Å²) < 4.78 is 5.71. The number of hydrogen-bond acceptors (Lipinski definition) is 6. The van der Waals surface area contributed by atoms with E-state index in [1.807, 2.05) is 36.4 Å². The van der Waals surface area contributed by atoms with Crippen molar-refractivity contribution in [3.05, 3.63) is 36.3 Å². The van der Waals surface area contributed by atoms with Crippen molar-refractivity contribution in [2.24, 2.45) is 4.99 Å². The number of hydrogen-bond donors (Lipinski definition) is 0. The van der Waals surface area contributed by atoms with Crippen molar-refractivity contribution in [3.8, 4) is 5.75 Å². The predicted octanol–water partition coefficient (Wildman–Crippen LogP) is 3.52. The van der Waals surface area contributed by atoms with Crippen LogP contribution in [-0.4, -0.2) is 41.1 Å². The zero-order chi connectivity index (χ0) is 17.9. The molecule has 1 aliphatic rings. The second-order valence-corrected chi connectivity index (χ2v) is 6.90. The topological polar surface area (TPSA) is 85.0 Å². The Morgan fingerprint density at radius 1 is 1.46 bits per heavy atom. The van der Waals surface area contributed by atoms with Crippen LogP contribution in [0.4, 0.5) is 5.69 Å². The Bertz CT molecular complexity index is 748. The first-order chi connectivity index (χ1) is 11.4. The number of amidine groups is 1. The average Bonchev–Trinajstić information content (AvgIpc) is 2.82. The number of aliphatic imine (C=N–C) groups is 1. The van der Waals surface area contributed by atoms with Gasteiger partial charge in [0, 0.05) is 19.2 Å². The van der Waals surface area contributed by atoms with Gasteiger partial charge in [-0.15, -0.1) is 0 Å². The SMILES string of the molecule is CCN=C1S/C(=C\c2cc(I)c(OC)c([N+](=O)[O-])c2)C(=O)N1CC. The molecule has 9 heteroatoms. The van der Waals surface area contributed by atoms with Crippen molar-refractivity contribution in [1.29, 1.82) is 0 Å². The molecule has 1 aliphatic heterocycles. The number of carbonyl (C=O) groups excluding carboxylic acids is 1. The van der Waals surface area contributed by atoms with E-state index in [2.05, 4.69) is 4.99 Å². The molecule has 0 radical (unpaired) electrons. The molecule has 1 saturated heterocycles. The third kappa shape index (κ3) is 3.72. The molecule has 1 heterocycles. The number of amides is 1. The standard InChI is InChI=1S/C15H16IN3O4S/c1-4-17-15-18(5-2)14(20)12(24-15)8-9-6-10(16)13(23-3)11(7-9)19(21)22/h6-8H,4-5H2,1-3H3/b12-8-,17-15?. The molecule has 0 spiro atoms. The lowest BCUT2D eigenvalue weighted by Crippen LogP contribution is -2.28. The molecular formula is C15H16IN3O4S. The number of thioether (sulfide) groups is 1. The number of benzene rings is 1. The molecule has 0 aliphatic carbocycles. The number of methoxy groups -OCH3 is 1. The van der Waals surface area contributed by atoms with E-state index in [4.69, 9.17) is 4.74 Å². The van der Waals surface area contributed by atoms with Crippen molar-refractivity contribution < 1.29 is 14.5 Å². The minimum atomic E-state index is -0.491. The van der Waals surface area contributed by atoms with Crippen molar-refractivity contribution in [1.82, 2.24) is 4.90 Å². The first-order valence-electron chi connectivity index (χ1n) is 7.20. The van der Waals surface area contributed by atoms with Crippen molar-refractivity contribution >= 4 is 57.2 Å². The van der Waals surface area contributed by atoms with Gasteiger partial charge < -0.3 is 4.74 Å². The lowest BCUT2D eigenvalue weighted by atomic mass is 10.1. The highest BCUT2D eigenvalue weighted by atomic mass is 127. The van der Waals surface area contributed by atoms with Crippen LogP contribution in [0.15, 0.2) is 22.0 Å². The maximum Gasteiger partial charge on any atom is 0.312 e. The molecule has 0 aromatic heterocycles. The van der Waals surface area contributed by atoms with Crippen LogP contribution >= 0.6 is 34.4 Å². The molecule has 2 rings (SSSR count). The van der Waals surface area contributed by atoms with Gasteiger partial charge in [0.25, 0.3) is 5.91 Å². The number of rotatable bonds is 5. The fourth-order valence-electron chi connectivity index (χ4n) is 2.21. The molecule has 24 heavy (non-hydrogen) atoms. The Labute approximate surface area is 157 Å².